The Hall–Kier alpha value is -2.54. The van der Waals surface area contributed by atoms with Crippen LogP contribution in [0.15, 0.2) is 53.6 Å². The molecule has 3 heterocycles. The second-order valence-electron chi connectivity index (χ2n) is 9.12. The minimum atomic E-state index is 0.0928. The molecule has 1 aliphatic heterocycles. The lowest BCUT2D eigenvalue weighted by atomic mass is 9.92. The summed E-state index contributed by atoms with van der Waals surface area (Å²) in [5.74, 6) is 0.641. The molecule has 5 nitrogen and oxygen atoms in total. The van der Waals surface area contributed by atoms with Gasteiger partial charge in [0.2, 0.25) is 0 Å². The monoisotopic (exact) mass is 445 g/mol. The maximum Gasteiger partial charge on any atom is 0.262 e. The summed E-state index contributed by atoms with van der Waals surface area (Å²) in [5, 5.41) is 7.00. The van der Waals surface area contributed by atoms with Crippen LogP contribution >= 0.6 is 11.3 Å². The number of nitrogens with zero attached hydrogens (tertiary/aromatic N) is 2. The Morgan fingerprint density at radius 2 is 2.06 bits per heavy atom. The van der Waals surface area contributed by atoms with Crippen molar-refractivity contribution in [2.75, 3.05) is 19.8 Å². The molecule has 0 bridgehead atoms. The van der Waals surface area contributed by atoms with Gasteiger partial charge < -0.3 is 10.1 Å². The molecule has 32 heavy (non-hydrogen) atoms. The summed E-state index contributed by atoms with van der Waals surface area (Å²) in [6.45, 7) is 3.36. The number of rotatable bonds is 5. The standard InChI is InChI=1S/C26H27N3O2S/c30-26-24-22-8-7-21(27-13-18-9-10-31-15-18)12-23(22)32-25(24)28-16-29(26)14-17-5-6-19-3-1-2-4-20(19)11-17/h1-6,11,16,18,21,27H,7-10,12-15H2. The third-order valence-corrected chi connectivity index (χ3v) is 8.08. The van der Waals surface area contributed by atoms with Crippen LogP contribution < -0.4 is 10.9 Å². The fourth-order valence-electron chi connectivity index (χ4n) is 5.10. The summed E-state index contributed by atoms with van der Waals surface area (Å²) in [5.41, 5.74) is 2.45. The predicted octanol–water partition coefficient (Wildman–Crippen LogP) is 4.14. The largest absolute Gasteiger partial charge is 0.381 e. The van der Waals surface area contributed by atoms with Gasteiger partial charge in [-0.25, -0.2) is 4.98 Å². The summed E-state index contributed by atoms with van der Waals surface area (Å²) in [6, 6.07) is 15.2. The van der Waals surface area contributed by atoms with E-state index in [9.17, 15) is 4.79 Å². The van der Waals surface area contributed by atoms with E-state index < -0.39 is 0 Å². The molecule has 6 rings (SSSR count). The van der Waals surface area contributed by atoms with Crippen LogP contribution in [0.1, 0.15) is 28.8 Å². The molecule has 6 heteroatoms. The van der Waals surface area contributed by atoms with Crippen molar-refractivity contribution in [3.05, 3.63) is 75.1 Å². The molecule has 1 aliphatic carbocycles. The Morgan fingerprint density at radius 1 is 1.16 bits per heavy atom. The summed E-state index contributed by atoms with van der Waals surface area (Å²) < 4.78 is 7.27. The fourth-order valence-corrected chi connectivity index (χ4v) is 6.36. The summed E-state index contributed by atoms with van der Waals surface area (Å²) in [7, 11) is 0. The lowest BCUT2D eigenvalue weighted by Crippen LogP contribution is -2.37. The number of fused-ring (bicyclic) bond motifs is 4. The van der Waals surface area contributed by atoms with Crippen molar-refractivity contribution in [3.63, 3.8) is 0 Å². The number of hydrogen-bond acceptors (Lipinski definition) is 5. The van der Waals surface area contributed by atoms with E-state index in [1.807, 2.05) is 12.1 Å². The number of thiophene rings is 1. The summed E-state index contributed by atoms with van der Waals surface area (Å²) in [6.07, 6.45) is 5.90. The normalized spacial score (nSPS) is 20.8. The minimum Gasteiger partial charge on any atom is -0.381 e. The molecule has 1 saturated heterocycles. The van der Waals surface area contributed by atoms with Crippen LogP contribution in [0.4, 0.5) is 0 Å². The van der Waals surface area contributed by atoms with Crippen molar-refractivity contribution in [3.8, 4) is 0 Å². The molecule has 2 unspecified atom stereocenters. The van der Waals surface area contributed by atoms with E-state index in [1.54, 1.807) is 22.2 Å². The average Bonchev–Trinajstić information content (AvgIpc) is 3.47. The molecule has 4 aromatic rings. The van der Waals surface area contributed by atoms with Crippen molar-refractivity contribution in [2.45, 2.75) is 38.3 Å². The molecule has 0 radical (unpaired) electrons. The number of nitrogens with one attached hydrogen (secondary N) is 1. The molecule has 0 saturated carbocycles. The molecule has 0 amide bonds. The Bertz CT molecular complexity index is 1340. The van der Waals surface area contributed by atoms with Gasteiger partial charge in [-0.15, -0.1) is 11.3 Å². The summed E-state index contributed by atoms with van der Waals surface area (Å²) in [4.78, 5) is 20.3. The van der Waals surface area contributed by atoms with Crippen LogP contribution in [0.3, 0.4) is 0 Å². The highest BCUT2D eigenvalue weighted by Crippen LogP contribution is 2.34. The van der Waals surface area contributed by atoms with Gasteiger partial charge in [-0.2, -0.15) is 0 Å². The molecule has 164 valence electrons. The Labute approximate surface area is 191 Å². The first-order chi connectivity index (χ1) is 15.7. The topological polar surface area (TPSA) is 56.2 Å². The van der Waals surface area contributed by atoms with Crippen molar-refractivity contribution in [1.82, 2.24) is 14.9 Å². The minimum absolute atomic E-state index is 0.0928. The zero-order valence-corrected chi connectivity index (χ0v) is 18.9. The fraction of sp³-hybridized carbons (Fsp3) is 0.385. The van der Waals surface area contributed by atoms with E-state index in [0.29, 0.717) is 18.5 Å². The first kappa shape index (κ1) is 20.1. The van der Waals surface area contributed by atoms with Crippen molar-refractivity contribution >= 4 is 32.3 Å². The highest BCUT2D eigenvalue weighted by Gasteiger charge is 2.26. The van der Waals surface area contributed by atoms with E-state index in [0.717, 1.165) is 61.2 Å². The molecular weight excluding hydrogens is 418 g/mol. The van der Waals surface area contributed by atoms with Crippen LogP contribution in [0.2, 0.25) is 0 Å². The van der Waals surface area contributed by atoms with E-state index in [4.69, 9.17) is 4.74 Å². The smallest absolute Gasteiger partial charge is 0.262 e. The van der Waals surface area contributed by atoms with E-state index in [2.05, 4.69) is 40.6 Å². The van der Waals surface area contributed by atoms with Crippen LogP contribution in [-0.2, 0) is 24.1 Å². The second-order valence-corrected chi connectivity index (χ2v) is 10.2. The van der Waals surface area contributed by atoms with Crippen molar-refractivity contribution in [2.24, 2.45) is 5.92 Å². The number of hydrogen-bond donors (Lipinski definition) is 1. The molecule has 1 N–H and O–H groups in total. The van der Waals surface area contributed by atoms with Gasteiger partial charge in [-0.05, 0) is 59.6 Å². The Balaban J connectivity index is 1.25. The first-order valence-electron chi connectivity index (χ1n) is 11.5. The maximum atomic E-state index is 13.4. The van der Waals surface area contributed by atoms with Gasteiger partial charge in [0.1, 0.15) is 4.83 Å². The van der Waals surface area contributed by atoms with E-state index in [1.165, 1.54) is 21.2 Å². The third kappa shape index (κ3) is 3.76. The van der Waals surface area contributed by atoms with Crippen molar-refractivity contribution < 1.29 is 4.74 Å². The second kappa shape index (κ2) is 8.43. The van der Waals surface area contributed by atoms with Gasteiger partial charge in [-0.1, -0.05) is 36.4 Å². The number of aryl methyl sites for hydroxylation is 1. The maximum absolute atomic E-state index is 13.4. The van der Waals surface area contributed by atoms with Gasteiger partial charge in [-0.3, -0.25) is 9.36 Å². The van der Waals surface area contributed by atoms with Crippen LogP contribution in [-0.4, -0.2) is 35.4 Å². The predicted molar refractivity (Wildman–Crippen MR) is 130 cm³/mol. The molecule has 2 aliphatic rings. The van der Waals surface area contributed by atoms with Gasteiger partial charge >= 0.3 is 0 Å². The molecule has 2 aromatic carbocycles. The lowest BCUT2D eigenvalue weighted by molar-refractivity contribution is 0.184. The highest BCUT2D eigenvalue weighted by molar-refractivity contribution is 7.18. The van der Waals surface area contributed by atoms with E-state index >= 15 is 0 Å². The van der Waals surface area contributed by atoms with Gasteiger partial charge in [0, 0.05) is 24.1 Å². The summed E-state index contributed by atoms with van der Waals surface area (Å²) >= 11 is 1.70. The number of aromatic nitrogens is 2. The van der Waals surface area contributed by atoms with Crippen LogP contribution in [0.25, 0.3) is 21.0 Å². The molecule has 2 atom stereocenters. The van der Waals surface area contributed by atoms with Gasteiger partial charge in [0.15, 0.2) is 0 Å². The quantitative estimate of drug-likeness (QED) is 0.502. The molecule has 2 aromatic heterocycles. The first-order valence-corrected chi connectivity index (χ1v) is 12.3. The number of benzene rings is 2. The molecule has 0 spiro atoms. The average molecular weight is 446 g/mol. The highest BCUT2D eigenvalue weighted by atomic mass is 32.1. The lowest BCUT2D eigenvalue weighted by Gasteiger charge is -2.24. The zero-order chi connectivity index (χ0) is 21.5. The van der Waals surface area contributed by atoms with Crippen LogP contribution in [0, 0.1) is 5.92 Å². The zero-order valence-electron chi connectivity index (χ0n) is 18.0. The Morgan fingerprint density at radius 3 is 2.94 bits per heavy atom. The van der Waals surface area contributed by atoms with Gasteiger partial charge in [0.25, 0.3) is 5.56 Å². The van der Waals surface area contributed by atoms with Gasteiger partial charge in [0.05, 0.1) is 24.9 Å². The number of ether oxygens (including phenoxy) is 1. The molecule has 1 fully saturated rings. The van der Waals surface area contributed by atoms with Crippen molar-refractivity contribution in [1.29, 1.82) is 0 Å². The third-order valence-electron chi connectivity index (χ3n) is 6.92. The Kier molecular flexibility index (Phi) is 5.29. The SMILES string of the molecule is O=c1c2c3c(sc2ncn1Cc1ccc2ccccc2c1)CC(NCC1CCOC1)CC3. The van der Waals surface area contributed by atoms with E-state index in [-0.39, 0.29) is 5.56 Å². The van der Waals surface area contributed by atoms with Crippen LogP contribution in [0.5, 0.6) is 0 Å². The molecular formula is C26H27N3O2S.